The summed E-state index contributed by atoms with van der Waals surface area (Å²) in [6, 6.07) is 7.76. The number of nitrogens with zero attached hydrogens (tertiary/aromatic N) is 1. The van der Waals surface area contributed by atoms with E-state index >= 15 is 0 Å². The molecule has 1 unspecified atom stereocenters. The van der Waals surface area contributed by atoms with Crippen LogP contribution >= 0.6 is 0 Å². The topological polar surface area (TPSA) is 67.6 Å². The highest BCUT2D eigenvalue weighted by atomic mass is 16.5. The number of nitrogens with one attached hydrogen (secondary N) is 1. The van der Waals surface area contributed by atoms with Crippen LogP contribution < -0.4 is 11.1 Å². The van der Waals surface area contributed by atoms with E-state index in [0.29, 0.717) is 18.2 Å². The summed E-state index contributed by atoms with van der Waals surface area (Å²) in [5.74, 6) is 0.0434. The molecule has 1 amide bonds. The highest BCUT2D eigenvalue weighted by Crippen LogP contribution is 2.13. The van der Waals surface area contributed by atoms with E-state index in [1.807, 2.05) is 12.1 Å². The third-order valence-electron chi connectivity index (χ3n) is 3.84. The lowest BCUT2D eigenvalue weighted by molar-refractivity contribution is -0.116. The number of carbonyl (C=O) groups excluding carboxylic acids is 1. The molecule has 116 valence electrons. The van der Waals surface area contributed by atoms with Gasteiger partial charge >= 0.3 is 0 Å². The highest BCUT2D eigenvalue weighted by molar-refractivity contribution is 5.91. The zero-order valence-electron chi connectivity index (χ0n) is 12.7. The van der Waals surface area contributed by atoms with Gasteiger partial charge in [0.1, 0.15) is 0 Å². The summed E-state index contributed by atoms with van der Waals surface area (Å²) < 4.78 is 5.49. The first-order chi connectivity index (χ1) is 10.2. The fourth-order valence-electron chi connectivity index (χ4n) is 2.64. The number of rotatable bonds is 6. The summed E-state index contributed by atoms with van der Waals surface area (Å²) >= 11 is 0. The molecule has 5 nitrogen and oxygen atoms in total. The van der Waals surface area contributed by atoms with Crippen molar-refractivity contribution < 1.29 is 9.53 Å². The third kappa shape index (κ3) is 5.02. The average Bonchev–Trinajstić information content (AvgIpc) is 2.47. The first-order valence-corrected chi connectivity index (χ1v) is 7.66. The molecule has 5 heteroatoms. The van der Waals surface area contributed by atoms with Crippen LogP contribution in [-0.4, -0.2) is 43.2 Å². The SMILES string of the molecule is CCC1COCCN1CCCC(=O)Nc1cccc(N)c1. The van der Waals surface area contributed by atoms with Crippen molar-refractivity contribution in [3.05, 3.63) is 24.3 Å². The predicted octanol–water partition coefficient (Wildman–Crippen LogP) is 2.10. The Morgan fingerprint density at radius 1 is 1.52 bits per heavy atom. The van der Waals surface area contributed by atoms with Crippen LogP contribution in [-0.2, 0) is 9.53 Å². The van der Waals surface area contributed by atoms with E-state index in [9.17, 15) is 4.79 Å². The smallest absolute Gasteiger partial charge is 0.224 e. The molecule has 3 N–H and O–H groups in total. The van der Waals surface area contributed by atoms with E-state index in [4.69, 9.17) is 10.5 Å². The maximum Gasteiger partial charge on any atom is 0.224 e. The normalized spacial score (nSPS) is 19.4. The number of hydrogen-bond donors (Lipinski definition) is 2. The fourth-order valence-corrected chi connectivity index (χ4v) is 2.64. The molecule has 0 spiro atoms. The molecule has 1 aliphatic rings. The van der Waals surface area contributed by atoms with Crippen LogP contribution in [0.3, 0.4) is 0 Å². The van der Waals surface area contributed by atoms with Crippen LogP contribution in [0.1, 0.15) is 26.2 Å². The second-order valence-electron chi connectivity index (χ2n) is 5.45. The van der Waals surface area contributed by atoms with Gasteiger partial charge in [-0.05, 0) is 37.6 Å². The Morgan fingerprint density at radius 2 is 2.38 bits per heavy atom. The van der Waals surface area contributed by atoms with Crippen molar-refractivity contribution in [2.75, 3.05) is 37.4 Å². The number of morpholine rings is 1. The standard InChI is InChI=1S/C16H25N3O2/c1-2-15-12-21-10-9-19(15)8-4-7-16(20)18-14-6-3-5-13(17)11-14/h3,5-6,11,15H,2,4,7-10,12,17H2,1H3,(H,18,20). The second-order valence-corrected chi connectivity index (χ2v) is 5.45. The van der Waals surface area contributed by atoms with Crippen molar-refractivity contribution in [2.24, 2.45) is 0 Å². The van der Waals surface area contributed by atoms with Crippen molar-refractivity contribution in [2.45, 2.75) is 32.2 Å². The number of amides is 1. The highest BCUT2D eigenvalue weighted by Gasteiger charge is 2.20. The Labute approximate surface area is 126 Å². The number of benzene rings is 1. The molecule has 1 aromatic carbocycles. The lowest BCUT2D eigenvalue weighted by Gasteiger charge is -2.34. The van der Waals surface area contributed by atoms with Gasteiger partial charge < -0.3 is 15.8 Å². The summed E-state index contributed by atoms with van der Waals surface area (Å²) in [4.78, 5) is 14.3. The van der Waals surface area contributed by atoms with E-state index in [2.05, 4.69) is 17.1 Å². The quantitative estimate of drug-likeness (QED) is 0.788. The monoisotopic (exact) mass is 291 g/mol. The van der Waals surface area contributed by atoms with Crippen molar-refractivity contribution in [3.8, 4) is 0 Å². The Balaban J connectivity index is 1.71. The van der Waals surface area contributed by atoms with Crippen molar-refractivity contribution in [1.29, 1.82) is 0 Å². The minimum atomic E-state index is 0.0434. The maximum absolute atomic E-state index is 11.9. The molecule has 0 radical (unpaired) electrons. The summed E-state index contributed by atoms with van der Waals surface area (Å²) in [7, 11) is 0. The molecule has 1 heterocycles. The lowest BCUT2D eigenvalue weighted by atomic mass is 10.1. The van der Waals surface area contributed by atoms with Crippen LogP contribution in [0.5, 0.6) is 0 Å². The van der Waals surface area contributed by atoms with Gasteiger partial charge in [-0.1, -0.05) is 13.0 Å². The summed E-state index contributed by atoms with van der Waals surface area (Å²) in [6.07, 6.45) is 2.49. The van der Waals surface area contributed by atoms with Gasteiger partial charge in [-0.2, -0.15) is 0 Å². The fraction of sp³-hybridized carbons (Fsp3) is 0.562. The van der Waals surface area contributed by atoms with Gasteiger partial charge in [0, 0.05) is 30.4 Å². The van der Waals surface area contributed by atoms with E-state index in [1.54, 1.807) is 12.1 Å². The van der Waals surface area contributed by atoms with Crippen LogP contribution in [0.25, 0.3) is 0 Å². The molecule has 1 fully saturated rings. The first-order valence-electron chi connectivity index (χ1n) is 7.66. The first kappa shape index (κ1) is 15.8. The van der Waals surface area contributed by atoms with Crippen molar-refractivity contribution in [3.63, 3.8) is 0 Å². The number of nitrogens with two attached hydrogens (primary N) is 1. The molecule has 2 rings (SSSR count). The van der Waals surface area contributed by atoms with Gasteiger partial charge in [0.15, 0.2) is 0 Å². The molecular formula is C16H25N3O2. The zero-order chi connectivity index (χ0) is 15.1. The molecule has 1 aromatic rings. The number of anilines is 2. The largest absolute Gasteiger partial charge is 0.399 e. The van der Waals surface area contributed by atoms with Crippen LogP contribution in [0.15, 0.2) is 24.3 Å². The summed E-state index contributed by atoms with van der Waals surface area (Å²) in [5.41, 5.74) is 7.11. The van der Waals surface area contributed by atoms with E-state index in [1.165, 1.54) is 0 Å². The van der Waals surface area contributed by atoms with Gasteiger partial charge in [0.25, 0.3) is 0 Å². The average molecular weight is 291 g/mol. The molecule has 0 saturated carbocycles. The van der Waals surface area contributed by atoms with Gasteiger partial charge in [0.2, 0.25) is 5.91 Å². The maximum atomic E-state index is 11.9. The number of hydrogen-bond acceptors (Lipinski definition) is 4. The number of carbonyl (C=O) groups is 1. The molecule has 1 aliphatic heterocycles. The zero-order valence-corrected chi connectivity index (χ0v) is 12.7. The van der Waals surface area contributed by atoms with E-state index < -0.39 is 0 Å². The Hall–Kier alpha value is -1.59. The molecule has 1 saturated heterocycles. The van der Waals surface area contributed by atoms with Gasteiger partial charge in [0.05, 0.1) is 13.2 Å². The van der Waals surface area contributed by atoms with Gasteiger partial charge in [-0.25, -0.2) is 0 Å². The van der Waals surface area contributed by atoms with Crippen LogP contribution in [0.4, 0.5) is 11.4 Å². The number of nitrogen functional groups attached to an aromatic ring is 1. The molecule has 1 atom stereocenters. The summed E-state index contributed by atoms with van der Waals surface area (Å²) in [5, 5.41) is 2.88. The Bertz CT molecular complexity index is 465. The van der Waals surface area contributed by atoms with Crippen molar-refractivity contribution in [1.82, 2.24) is 4.90 Å². The van der Waals surface area contributed by atoms with E-state index in [-0.39, 0.29) is 5.91 Å². The molecule has 0 aliphatic carbocycles. The van der Waals surface area contributed by atoms with Crippen LogP contribution in [0, 0.1) is 0 Å². The van der Waals surface area contributed by atoms with Crippen molar-refractivity contribution >= 4 is 17.3 Å². The third-order valence-corrected chi connectivity index (χ3v) is 3.84. The van der Waals surface area contributed by atoms with Gasteiger partial charge in [-0.3, -0.25) is 9.69 Å². The molecule has 21 heavy (non-hydrogen) atoms. The molecule has 0 aromatic heterocycles. The predicted molar refractivity (Wildman–Crippen MR) is 85.2 cm³/mol. The van der Waals surface area contributed by atoms with Crippen LogP contribution in [0.2, 0.25) is 0 Å². The Kier molecular flexibility index (Phi) is 6.02. The minimum Gasteiger partial charge on any atom is -0.399 e. The van der Waals surface area contributed by atoms with E-state index in [0.717, 1.165) is 44.8 Å². The minimum absolute atomic E-state index is 0.0434. The molecule has 0 bridgehead atoms. The Morgan fingerprint density at radius 3 is 3.14 bits per heavy atom. The second kappa shape index (κ2) is 8.00. The number of ether oxygens (including phenoxy) is 1. The lowest BCUT2D eigenvalue weighted by Crippen LogP contribution is -2.45. The summed E-state index contributed by atoms with van der Waals surface area (Å²) in [6.45, 7) is 5.71. The van der Waals surface area contributed by atoms with Gasteiger partial charge in [-0.15, -0.1) is 0 Å². The molecular weight excluding hydrogens is 266 g/mol.